The molecule has 6 nitrogen and oxygen atoms in total. The van der Waals surface area contributed by atoms with E-state index >= 15 is 0 Å². The molecule has 4 aromatic rings. The van der Waals surface area contributed by atoms with Gasteiger partial charge in [-0.15, -0.1) is 0 Å². The van der Waals surface area contributed by atoms with Crippen LogP contribution >= 0.6 is 0 Å². The van der Waals surface area contributed by atoms with Crippen LogP contribution in [0.1, 0.15) is 11.7 Å². The van der Waals surface area contributed by atoms with Gasteiger partial charge in [-0.2, -0.15) is 10.1 Å². The number of methoxy groups -OCH3 is 1. The fourth-order valence-corrected chi connectivity index (χ4v) is 3.57. The normalized spacial score (nSPS) is 14.4. The van der Waals surface area contributed by atoms with Crippen LogP contribution < -0.4 is 15.6 Å². The van der Waals surface area contributed by atoms with Crippen LogP contribution in [0.5, 0.6) is 5.75 Å². The van der Waals surface area contributed by atoms with E-state index in [0.717, 1.165) is 16.8 Å². The first kappa shape index (κ1) is 18.1. The molecule has 0 amide bonds. The van der Waals surface area contributed by atoms with E-state index < -0.39 is 11.7 Å². The van der Waals surface area contributed by atoms with Gasteiger partial charge in [-0.3, -0.25) is 4.79 Å². The van der Waals surface area contributed by atoms with Crippen LogP contribution in [0.3, 0.4) is 0 Å². The first-order valence-electron chi connectivity index (χ1n) is 9.41. The SMILES string of the molecule is COc1ccc(-c2nn3c(nc2=O)-c2ccccc2N[C@@H]3c2ccc(F)cc2)cc1. The molecule has 1 atom stereocenters. The second kappa shape index (κ2) is 7.11. The second-order valence-electron chi connectivity index (χ2n) is 6.91. The van der Waals surface area contributed by atoms with Gasteiger partial charge in [0.05, 0.1) is 7.11 Å². The summed E-state index contributed by atoms with van der Waals surface area (Å²) >= 11 is 0. The van der Waals surface area contributed by atoms with Crippen molar-refractivity contribution in [2.45, 2.75) is 6.17 Å². The Morgan fingerprint density at radius 1 is 1.00 bits per heavy atom. The van der Waals surface area contributed by atoms with Crippen LogP contribution in [-0.2, 0) is 0 Å². The topological polar surface area (TPSA) is 69.0 Å². The minimum Gasteiger partial charge on any atom is -0.497 e. The van der Waals surface area contributed by atoms with E-state index in [-0.39, 0.29) is 11.5 Å². The number of benzene rings is 3. The molecule has 0 radical (unpaired) electrons. The van der Waals surface area contributed by atoms with Gasteiger partial charge in [0.1, 0.15) is 17.7 Å². The Hall–Kier alpha value is -4.00. The van der Waals surface area contributed by atoms with Gasteiger partial charge in [-0.05, 0) is 54.1 Å². The van der Waals surface area contributed by atoms with Gasteiger partial charge in [0, 0.05) is 16.8 Å². The summed E-state index contributed by atoms with van der Waals surface area (Å²) in [6.07, 6.45) is -0.444. The zero-order valence-corrected chi connectivity index (χ0v) is 16.0. The summed E-state index contributed by atoms with van der Waals surface area (Å²) in [6.45, 7) is 0. The Balaban J connectivity index is 1.71. The lowest BCUT2D eigenvalue weighted by Crippen LogP contribution is -2.32. The first-order chi connectivity index (χ1) is 14.6. The van der Waals surface area contributed by atoms with Crippen molar-refractivity contribution < 1.29 is 9.13 Å². The third-order valence-electron chi connectivity index (χ3n) is 5.09. The Bertz CT molecular complexity index is 1280. The van der Waals surface area contributed by atoms with Crippen molar-refractivity contribution in [2.24, 2.45) is 0 Å². The number of rotatable bonds is 3. The lowest BCUT2D eigenvalue weighted by atomic mass is 10.1. The zero-order chi connectivity index (χ0) is 20.7. The monoisotopic (exact) mass is 400 g/mol. The molecule has 0 aliphatic carbocycles. The van der Waals surface area contributed by atoms with Gasteiger partial charge in [0.15, 0.2) is 11.5 Å². The Kier molecular flexibility index (Phi) is 4.28. The number of hydrogen-bond acceptors (Lipinski definition) is 5. The van der Waals surface area contributed by atoms with Crippen molar-refractivity contribution in [1.29, 1.82) is 0 Å². The highest BCUT2D eigenvalue weighted by Crippen LogP contribution is 2.36. The van der Waals surface area contributed by atoms with Crippen LogP contribution in [-0.4, -0.2) is 21.9 Å². The Morgan fingerprint density at radius 3 is 2.47 bits per heavy atom. The maximum atomic E-state index is 13.5. The average Bonchev–Trinajstić information content (AvgIpc) is 2.79. The molecule has 30 heavy (non-hydrogen) atoms. The van der Waals surface area contributed by atoms with Crippen molar-refractivity contribution in [2.75, 3.05) is 12.4 Å². The quantitative estimate of drug-likeness (QED) is 0.561. The van der Waals surface area contributed by atoms with Crippen LogP contribution in [0.25, 0.3) is 22.6 Å². The highest BCUT2D eigenvalue weighted by molar-refractivity contribution is 5.76. The number of nitrogens with zero attached hydrogens (tertiary/aromatic N) is 3. The van der Waals surface area contributed by atoms with Gasteiger partial charge >= 0.3 is 0 Å². The Morgan fingerprint density at radius 2 is 1.73 bits per heavy atom. The molecule has 0 saturated carbocycles. The smallest absolute Gasteiger partial charge is 0.300 e. The molecule has 0 saturated heterocycles. The molecule has 1 aromatic heterocycles. The molecule has 0 bridgehead atoms. The van der Waals surface area contributed by atoms with Crippen molar-refractivity contribution >= 4 is 5.69 Å². The molecule has 0 spiro atoms. The number of nitrogens with one attached hydrogen (secondary N) is 1. The highest BCUT2D eigenvalue weighted by Gasteiger charge is 2.28. The summed E-state index contributed by atoms with van der Waals surface area (Å²) in [4.78, 5) is 17.2. The van der Waals surface area contributed by atoms with Crippen LogP contribution in [0, 0.1) is 5.82 Å². The molecule has 5 rings (SSSR count). The molecular weight excluding hydrogens is 383 g/mol. The molecule has 7 heteroatoms. The summed E-state index contributed by atoms with van der Waals surface area (Å²) in [7, 11) is 1.58. The fraction of sp³-hybridized carbons (Fsp3) is 0.0870. The van der Waals surface area contributed by atoms with E-state index in [9.17, 15) is 9.18 Å². The van der Waals surface area contributed by atoms with Gasteiger partial charge in [0.2, 0.25) is 0 Å². The molecule has 1 aliphatic heterocycles. The number of aromatic nitrogens is 3. The number of ether oxygens (including phenoxy) is 1. The molecule has 1 aliphatic rings. The lowest BCUT2D eigenvalue weighted by molar-refractivity contribution is 0.415. The van der Waals surface area contributed by atoms with Gasteiger partial charge in [-0.25, -0.2) is 9.07 Å². The van der Waals surface area contributed by atoms with E-state index in [4.69, 9.17) is 4.74 Å². The molecule has 148 valence electrons. The lowest BCUT2D eigenvalue weighted by Gasteiger charge is -2.30. The molecule has 0 fully saturated rings. The third kappa shape index (κ3) is 3.00. The summed E-state index contributed by atoms with van der Waals surface area (Å²) in [5.41, 5.74) is 2.86. The average molecular weight is 400 g/mol. The molecule has 0 unspecified atom stereocenters. The predicted molar refractivity (Wildman–Crippen MR) is 112 cm³/mol. The second-order valence-corrected chi connectivity index (χ2v) is 6.91. The number of para-hydroxylation sites is 1. The summed E-state index contributed by atoms with van der Waals surface area (Å²) in [5.74, 6) is 0.825. The van der Waals surface area contributed by atoms with Crippen LogP contribution in [0.15, 0.2) is 77.6 Å². The molecule has 2 heterocycles. The van der Waals surface area contributed by atoms with E-state index in [1.807, 2.05) is 24.3 Å². The zero-order valence-electron chi connectivity index (χ0n) is 16.0. The minimum absolute atomic E-state index is 0.231. The third-order valence-corrected chi connectivity index (χ3v) is 5.09. The van der Waals surface area contributed by atoms with Crippen molar-refractivity contribution in [3.63, 3.8) is 0 Å². The van der Waals surface area contributed by atoms with E-state index in [1.165, 1.54) is 12.1 Å². The largest absolute Gasteiger partial charge is 0.497 e. The van der Waals surface area contributed by atoms with Crippen molar-refractivity contribution in [1.82, 2.24) is 14.8 Å². The number of halogens is 1. The fourth-order valence-electron chi connectivity index (χ4n) is 3.57. The van der Waals surface area contributed by atoms with E-state index in [0.29, 0.717) is 17.1 Å². The molecule has 1 N–H and O–H groups in total. The number of hydrogen-bond donors (Lipinski definition) is 1. The van der Waals surface area contributed by atoms with Gasteiger partial charge in [-0.1, -0.05) is 24.3 Å². The van der Waals surface area contributed by atoms with E-state index in [2.05, 4.69) is 15.4 Å². The van der Waals surface area contributed by atoms with Gasteiger partial charge in [0.25, 0.3) is 5.56 Å². The summed E-state index contributed by atoms with van der Waals surface area (Å²) in [6, 6.07) is 20.9. The first-order valence-corrected chi connectivity index (χ1v) is 9.41. The summed E-state index contributed by atoms with van der Waals surface area (Å²) in [5, 5.41) is 8.08. The minimum atomic E-state index is -0.444. The molecular formula is C23H17FN4O2. The predicted octanol–water partition coefficient (Wildman–Crippen LogP) is 4.09. The van der Waals surface area contributed by atoms with E-state index in [1.54, 1.807) is 48.2 Å². The van der Waals surface area contributed by atoms with Crippen LogP contribution in [0.2, 0.25) is 0 Å². The van der Waals surface area contributed by atoms with Crippen molar-refractivity contribution in [3.05, 3.63) is 94.5 Å². The van der Waals surface area contributed by atoms with Crippen LogP contribution in [0.4, 0.5) is 10.1 Å². The number of fused-ring (bicyclic) bond motifs is 3. The maximum absolute atomic E-state index is 13.5. The standard InChI is InChI=1S/C23H17FN4O2/c1-30-17-12-8-14(9-13-17)20-23(29)26-22-18-4-2-3-5-19(18)25-21(28(22)27-20)15-6-10-16(24)11-7-15/h2-13,21,25H,1H3/t21-/m0/s1. The maximum Gasteiger partial charge on any atom is 0.300 e. The van der Waals surface area contributed by atoms with Crippen molar-refractivity contribution in [3.8, 4) is 28.4 Å². The Labute approximate surface area is 171 Å². The molecule has 3 aromatic carbocycles. The number of anilines is 1. The van der Waals surface area contributed by atoms with Gasteiger partial charge < -0.3 is 10.1 Å². The highest BCUT2D eigenvalue weighted by atomic mass is 19.1. The summed E-state index contributed by atoms with van der Waals surface area (Å²) < 4.78 is 20.3.